The Balaban J connectivity index is 2.19. The maximum absolute atomic E-state index is 12.3. The second kappa shape index (κ2) is 7.88. The molecule has 2 rings (SSSR count). The van der Waals surface area contributed by atoms with Crippen molar-refractivity contribution in [1.29, 1.82) is 0 Å². The number of nitrogens with one attached hydrogen (secondary N) is 2. The van der Waals surface area contributed by atoms with Crippen molar-refractivity contribution in [2.24, 2.45) is 5.92 Å². The molecule has 1 aromatic carbocycles. The topological polar surface area (TPSA) is 100 Å². The standard InChI is InChI=1S/C17H25N3O4S/c1-4-12(2)15(11-21)18-17(22)10-20-9-8-13-14(19-25(3,23)24)6-5-7-16(13)20/h5-9,12,15,19,21H,4,10-11H2,1-3H3,(H,18,22)/t12-,15+/m0/s1. The highest BCUT2D eigenvalue weighted by Gasteiger charge is 2.18. The molecule has 0 aliphatic carbocycles. The van der Waals surface area contributed by atoms with Crippen LogP contribution in [-0.2, 0) is 21.4 Å². The molecular formula is C17H25N3O4S. The van der Waals surface area contributed by atoms with Gasteiger partial charge in [0, 0.05) is 11.6 Å². The lowest BCUT2D eigenvalue weighted by atomic mass is 10.00. The fourth-order valence-electron chi connectivity index (χ4n) is 2.71. The Hall–Kier alpha value is -2.06. The van der Waals surface area contributed by atoms with E-state index < -0.39 is 10.0 Å². The molecule has 0 aliphatic heterocycles. The number of fused-ring (bicyclic) bond motifs is 1. The quantitative estimate of drug-likeness (QED) is 0.659. The van der Waals surface area contributed by atoms with Crippen LogP contribution in [0, 0.1) is 5.92 Å². The number of aliphatic hydroxyl groups excluding tert-OH is 1. The molecule has 138 valence electrons. The molecule has 0 radical (unpaired) electrons. The zero-order chi connectivity index (χ0) is 18.6. The fourth-order valence-corrected chi connectivity index (χ4v) is 3.29. The lowest BCUT2D eigenvalue weighted by Gasteiger charge is -2.22. The Morgan fingerprint density at radius 2 is 2.04 bits per heavy atom. The van der Waals surface area contributed by atoms with Crippen molar-refractivity contribution >= 4 is 32.5 Å². The fraction of sp³-hybridized carbons (Fsp3) is 0.471. The molecule has 1 amide bonds. The minimum atomic E-state index is -3.38. The molecule has 0 fully saturated rings. The second-order valence-corrected chi connectivity index (χ2v) is 8.05. The van der Waals surface area contributed by atoms with E-state index in [0.29, 0.717) is 5.69 Å². The zero-order valence-electron chi connectivity index (χ0n) is 14.7. The molecule has 2 atom stereocenters. The first kappa shape index (κ1) is 19.3. The monoisotopic (exact) mass is 367 g/mol. The Kier molecular flexibility index (Phi) is 6.07. The zero-order valence-corrected chi connectivity index (χ0v) is 15.5. The maximum atomic E-state index is 12.3. The van der Waals surface area contributed by atoms with E-state index in [4.69, 9.17) is 0 Å². The van der Waals surface area contributed by atoms with Crippen LogP contribution in [0.5, 0.6) is 0 Å². The largest absolute Gasteiger partial charge is 0.394 e. The third-order valence-corrected chi connectivity index (χ3v) is 4.89. The van der Waals surface area contributed by atoms with Crippen LogP contribution in [-0.4, -0.2) is 42.9 Å². The number of hydrogen-bond donors (Lipinski definition) is 3. The average Bonchev–Trinajstić information content (AvgIpc) is 2.94. The summed E-state index contributed by atoms with van der Waals surface area (Å²) in [6.07, 6.45) is 3.70. The molecule has 3 N–H and O–H groups in total. The smallest absolute Gasteiger partial charge is 0.240 e. The third-order valence-electron chi connectivity index (χ3n) is 4.30. The third kappa shape index (κ3) is 4.96. The minimum absolute atomic E-state index is 0.0960. The van der Waals surface area contributed by atoms with Gasteiger partial charge in [-0.2, -0.15) is 0 Å². The van der Waals surface area contributed by atoms with E-state index in [9.17, 15) is 18.3 Å². The molecule has 1 aromatic heterocycles. The number of rotatable bonds is 8. The maximum Gasteiger partial charge on any atom is 0.240 e. The van der Waals surface area contributed by atoms with Gasteiger partial charge in [-0.1, -0.05) is 26.3 Å². The summed E-state index contributed by atoms with van der Waals surface area (Å²) in [6.45, 7) is 3.99. The molecule has 7 nitrogen and oxygen atoms in total. The van der Waals surface area contributed by atoms with E-state index in [1.54, 1.807) is 29.0 Å². The number of aromatic nitrogens is 1. The van der Waals surface area contributed by atoms with Crippen molar-refractivity contribution in [2.75, 3.05) is 17.6 Å². The number of carbonyl (C=O) groups excluding carboxylic acids is 1. The van der Waals surface area contributed by atoms with Crippen molar-refractivity contribution in [3.63, 3.8) is 0 Å². The molecule has 0 saturated heterocycles. The Morgan fingerprint density at radius 3 is 2.64 bits per heavy atom. The lowest BCUT2D eigenvalue weighted by Crippen LogP contribution is -2.43. The van der Waals surface area contributed by atoms with Gasteiger partial charge in [-0.15, -0.1) is 0 Å². The number of nitrogens with zero attached hydrogens (tertiary/aromatic N) is 1. The van der Waals surface area contributed by atoms with E-state index in [2.05, 4.69) is 10.0 Å². The number of anilines is 1. The van der Waals surface area contributed by atoms with Gasteiger partial charge in [0.15, 0.2) is 0 Å². The van der Waals surface area contributed by atoms with Crippen molar-refractivity contribution in [2.45, 2.75) is 32.9 Å². The summed E-state index contributed by atoms with van der Waals surface area (Å²) in [5, 5.41) is 13.0. The number of amides is 1. The normalized spacial score (nSPS) is 14.2. The van der Waals surface area contributed by atoms with Crippen molar-refractivity contribution in [3.8, 4) is 0 Å². The first-order chi connectivity index (χ1) is 11.7. The molecule has 0 bridgehead atoms. The number of benzene rings is 1. The van der Waals surface area contributed by atoms with Crippen LogP contribution in [0.25, 0.3) is 10.9 Å². The van der Waals surface area contributed by atoms with Crippen molar-refractivity contribution < 1.29 is 18.3 Å². The molecule has 8 heteroatoms. The molecule has 0 unspecified atom stereocenters. The van der Waals surface area contributed by atoms with Crippen molar-refractivity contribution in [3.05, 3.63) is 30.5 Å². The Morgan fingerprint density at radius 1 is 1.32 bits per heavy atom. The van der Waals surface area contributed by atoms with Gasteiger partial charge < -0.3 is 15.0 Å². The second-order valence-electron chi connectivity index (χ2n) is 6.30. The van der Waals surface area contributed by atoms with Gasteiger partial charge in [-0.25, -0.2) is 8.42 Å². The molecular weight excluding hydrogens is 342 g/mol. The Labute approximate surface area is 148 Å². The summed E-state index contributed by atoms with van der Waals surface area (Å²) < 4.78 is 27.2. The first-order valence-corrected chi connectivity index (χ1v) is 10.1. The SMILES string of the molecule is CC[C@H](C)[C@@H](CO)NC(=O)Cn1ccc2c(NS(C)(=O)=O)cccc21. The number of sulfonamides is 1. The van der Waals surface area contributed by atoms with Crippen LogP contribution >= 0.6 is 0 Å². The van der Waals surface area contributed by atoms with Gasteiger partial charge in [-0.05, 0) is 24.1 Å². The highest BCUT2D eigenvalue weighted by atomic mass is 32.2. The van der Waals surface area contributed by atoms with E-state index >= 15 is 0 Å². The predicted octanol–water partition coefficient (Wildman–Crippen LogP) is 1.54. The van der Waals surface area contributed by atoms with Gasteiger partial charge in [0.25, 0.3) is 0 Å². The molecule has 25 heavy (non-hydrogen) atoms. The van der Waals surface area contributed by atoms with Gasteiger partial charge >= 0.3 is 0 Å². The van der Waals surface area contributed by atoms with Crippen LogP contribution in [0.15, 0.2) is 30.5 Å². The van der Waals surface area contributed by atoms with Crippen LogP contribution in [0.4, 0.5) is 5.69 Å². The van der Waals surface area contributed by atoms with Crippen LogP contribution in [0.3, 0.4) is 0 Å². The first-order valence-electron chi connectivity index (χ1n) is 8.21. The summed E-state index contributed by atoms with van der Waals surface area (Å²) in [7, 11) is -3.38. The number of aliphatic hydroxyl groups is 1. The van der Waals surface area contributed by atoms with E-state index in [-0.39, 0.29) is 31.0 Å². The molecule has 2 aromatic rings. The van der Waals surface area contributed by atoms with Gasteiger partial charge in [0.1, 0.15) is 6.54 Å². The highest BCUT2D eigenvalue weighted by molar-refractivity contribution is 7.92. The molecule has 1 heterocycles. The number of carbonyl (C=O) groups is 1. The lowest BCUT2D eigenvalue weighted by molar-refractivity contribution is -0.123. The predicted molar refractivity (Wildman–Crippen MR) is 98.9 cm³/mol. The minimum Gasteiger partial charge on any atom is -0.394 e. The summed E-state index contributed by atoms with van der Waals surface area (Å²) in [5.41, 5.74) is 1.24. The van der Waals surface area contributed by atoms with Crippen LogP contribution < -0.4 is 10.0 Å². The van der Waals surface area contributed by atoms with E-state index in [1.165, 1.54) is 0 Å². The highest BCUT2D eigenvalue weighted by Crippen LogP contribution is 2.25. The summed E-state index contributed by atoms with van der Waals surface area (Å²) in [4.78, 5) is 12.3. The summed E-state index contributed by atoms with van der Waals surface area (Å²) in [5.74, 6) is -0.0146. The van der Waals surface area contributed by atoms with Gasteiger partial charge in [0.05, 0.1) is 30.1 Å². The Bertz CT molecular complexity index is 845. The van der Waals surface area contributed by atoms with Crippen LogP contribution in [0.2, 0.25) is 0 Å². The van der Waals surface area contributed by atoms with Crippen LogP contribution in [0.1, 0.15) is 20.3 Å². The van der Waals surface area contributed by atoms with Crippen molar-refractivity contribution in [1.82, 2.24) is 9.88 Å². The number of hydrogen-bond acceptors (Lipinski definition) is 4. The van der Waals surface area contributed by atoms with E-state index in [0.717, 1.165) is 23.6 Å². The molecule has 0 saturated carbocycles. The van der Waals surface area contributed by atoms with Gasteiger partial charge in [-0.3, -0.25) is 9.52 Å². The average molecular weight is 367 g/mol. The summed E-state index contributed by atoms with van der Waals surface area (Å²) >= 11 is 0. The molecule has 0 aliphatic rings. The van der Waals surface area contributed by atoms with E-state index in [1.807, 2.05) is 19.9 Å². The molecule has 0 spiro atoms. The van der Waals surface area contributed by atoms with Gasteiger partial charge in [0.2, 0.25) is 15.9 Å². The summed E-state index contributed by atoms with van der Waals surface area (Å²) in [6, 6.07) is 6.74.